The number of aliphatic carboxylic acids is 1. The summed E-state index contributed by atoms with van der Waals surface area (Å²) in [6.45, 7) is 4.31. The number of oxazole rings is 1. The zero-order chi connectivity index (χ0) is 21.8. The number of aromatic nitrogens is 1. The molecule has 3 aromatic rings. The lowest BCUT2D eigenvalue weighted by atomic mass is 9.99. The number of hydrogen-bond donors (Lipinski definition) is 1. The minimum atomic E-state index is -1.55. The highest BCUT2D eigenvalue weighted by Gasteiger charge is 2.40. The summed E-state index contributed by atoms with van der Waals surface area (Å²) in [7, 11) is 0. The van der Waals surface area contributed by atoms with Crippen molar-refractivity contribution in [2.75, 3.05) is 13.2 Å². The Hall–Kier alpha value is -3.16. The van der Waals surface area contributed by atoms with Gasteiger partial charge in [-0.05, 0) is 43.2 Å². The first-order chi connectivity index (χ1) is 14.9. The van der Waals surface area contributed by atoms with E-state index in [1.165, 1.54) is 6.92 Å². The number of carboxylic acid groups (broad SMARTS) is 1. The third-order valence-electron chi connectivity index (χ3n) is 5.31. The predicted molar refractivity (Wildman–Crippen MR) is 113 cm³/mol. The third-order valence-corrected chi connectivity index (χ3v) is 5.31. The number of carboxylic acids is 1. The molecule has 7 heteroatoms. The number of hydrogen-bond acceptors (Lipinski definition) is 6. The highest BCUT2D eigenvalue weighted by atomic mass is 16.7. The first kappa shape index (κ1) is 21.1. The number of aryl methyl sites for hydroxylation is 1. The van der Waals surface area contributed by atoms with E-state index in [1.54, 1.807) is 0 Å². The topological polar surface area (TPSA) is 91.0 Å². The van der Waals surface area contributed by atoms with Crippen molar-refractivity contribution in [1.29, 1.82) is 0 Å². The molecule has 0 saturated carbocycles. The second-order valence-corrected chi connectivity index (χ2v) is 7.76. The summed E-state index contributed by atoms with van der Waals surface area (Å²) in [5.74, 6) is -0.487. The van der Waals surface area contributed by atoms with Crippen LogP contribution in [0.4, 0.5) is 0 Å². The molecule has 0 atom stereocenters. The first-order valence-corrected chi connectivity index (χ1v) is 10.2. The van der Waals surface area contributed by atoms with Gasteiger partial charge < -0.3 is 23.7 Å². The molecular formula is C24H25NO6. The summed E-state index contributed by atoms with van der Waals surface area (Å²) in [6.07, 6.45) is 0.735. The Balaban J connectivity index is 1.31. The van der Waals surface area contributed by atoms with Crippen LogP contribution in [0.5, 0.6) is 5.75 Å². The summed E-state index contributed by atoms with van der Waals surface area (Å²) in [6, 6.07) is 17.6. The highest BCUT2D eigenvalue weighted by Crippen LogP contribution is 2.25. The highest BCUT2D eigenvalue weighted by molar-refractivity contribution is 5.75. The van der Waals surface area contributed by atoms with Crippen LogP contribution in [0.1, 0.15) is 23.9 Å². The van der Waals surface area contributed by atoms with E-state index in [0.717, 1.165) is 34.8 Å². The number of carbonyl (C=O) groups is 1. The lowest BCUT2D eigenvalue weighted by molar-refractivity contribution is -0.270. The summed E-state index contributed by atoms with van der Waals surface area (Å²) in [5.41, 5.74) is 2.80. The van der Waals surface area contributed by atoms with Crippen molar-refractivity contribution in [1.82, 2.24) is 4.98 Å². The van der Waals surface area contributed by atoms with Gasteiger partial charge in [0.25, 0.3) is 5.79 Å². The second-order valence-electron chi connectivity index (χ2n) is 7.76. The summed E-state index contributed by atoms with van der Waals surface area (Å²) in [5, 5.41) is 9.14. The van der Waals surface area contributed by atoms with Gasteiger partial charge >= 0.3 is 5.97 Å². The molecule has 7 nitrogen and oxygen atoms in total. The Kier molecular flexibility index (Phi) is 6.06. The molecule has 0 unspecified atom stereocenters. The van der Waals surface area contributed by atoms with Crippen molar-refractivity contribution in [2.45, 2.75) is 32.7 Å². The molecule has 2 aromatic carbocycles. The molecule has 162 valence electrons. The van der Waals surface area contributed by atoms with E-state index in [4.69, 9.17) is 23.7 Å². The van der Waals surface area contributed by atoms with E-state index in [0.29, 0.717) is 25.7 Å². The fourth-order valence-corrected chi connectivity index (χ4v) is 3.36. The standard InChI is InChI=1S/C24H25NO6/c1-16-21(25-22(31-16)19-6-4-3-5-7-19)15-28-20-10-8-17(9-11-20)12-18-13-29-24(2,23(26)27)30-14-18/h3-11,18H,12-15H2,1-2H3,(H,26,27)/t18-,24-. The largest absolute Gasteiger partial charge is 0.487 e. The van der Waals surface area contributed by atoms with Crippen LogP contribution in [-0.4, -0.2) is 35.1 Å². The minimum Gasteiger partial charge on any atom is -0.487 e. The normalized spacial score (nSPS) is 21.0. The molecule has 1 N–H and O–H groups in total. The monoisotopic (exact) mass is 423 g/mol. The van der Waals surface area contributed by atoms with Crippen LogP contribution in [-0.2, 0) is 27.3 Å². The number of rotatable bonds is 7. The van der Waals surface area contributed by atoms with Gasteiger partial charge in [0.05, 0.1) is 13.2 Å². The smallest absolute Gasteiger partial charge is 0.364 e. The molecule has 2 heterocycles. The van der Waals surface area contributed by atoms with Crippen LogP contribution in [0.2, 0.25) is 0 Å². The molecule has 1 aliphatic rings. The van der Waals surface area contributed by atoms with Gasteiger partial charge in [0, 0.05) is 18.4 Å². The second kappa shape index (κ2) is 8.91. The van der Waals surface area contributed by atoms with E-state index in [1.807, 2.05) is 61.5 Å². The molecule has 0 spiro atoms. The number of benzene rings is 2. The Morgan fingerprint density at radius 3 is 2.45 bits per heavy atom. The van der Waals surface area contributed by atoms with Gasteiger partial charge in [-0.1, -0.05) is 30.3 Å². The SMILES string of the molecule is Cc1oc(-c2ccccc2)nc1COc1ccc(C[C@H]2CO[C@](C)(C(=O)O)OC2)cc1. The fraction of sp³-hybridized carbons (Fsp3) is 0.333. The van der Waals surface area contributed by atoms with Gasteiger partial charge in [-0.3, -0.25) is 0 Å². The van der Waals surface area contributed by atoms with Crippen LogP contribution >= 0.6 is 0 Å². The van der Waals surface area contributed by atoms with E-state index in [9.17, 15) is 4.79 Å². The lowest BCUT2D eigenvalue weighted by Crippen LogP contribution is -2.48. The van der Waals surface area contributed by atoms with E-state index in [-0.39, 0.29) is 5.92 Å². The quantitative estimate of drug-likeness (QED) is 0.608. The van der Waals surface area contributed by atoms with Gasteiger partial charge in [-0.2, -0.15) is 0 Å². The van der Waals surface area contributed by atoms with Crippen molar-refractivity contribution in [3.8, 4) is 17.2 Å². The number of nitrogens with zero attached hydrogens (tertiary/aromatic N) is 1. The Morgan fingerprint density at radius 2 is 1.81 bits per heavy atom. The molecule has 1 aromatic heterocycles. The van der Waals surface area contributed by atoms with Crippen LogP contribution in [0.3, 0.4) is 0 Å². The molecule has 31 heavy (non-hydrogen) atoms. The molecule has 0 amide bonds. The molecular weight excluding hydrogens is 398 g/mol. The maximum Gasteiger partial charge on any atom is 0.364 e. The van der Waals surface area contributed by atoms with Gasteiger partial charge in [0.2, 0.25) is 5.89 Å². The minimum absolute atomic E-state index is 0.105. The van der Waals surface area contributed by atoms with Crippen molar-refractivity contribution in [3.05, 3.63) is 71.6 Å². The van der Waals surface area contributed by atoms with Crippen LogP contribution in [0.25, 0.3) is 11.5 Å². The predicted octanol–water partition coefficient (Wildman–Crippen LogP) is 4.24. The van der Waals surface area contributed by atoms with Crippen molar-refractivity contribution in [2.24, 2.45) is 5.92 Å². The Labute approximate surface area is 180 Å². The zero-order valence-electron chi connectivity index (χ0n) is 17.5. The number of ether oxygens (including phenoxy) is 3. The maximum atomic E-state index is 11.2. The van der Waals surface area contributed by atoms with Gasteiger partial charge in [0.1, 0.15) is 23.8 Å². The van der Waals surface area contributed by atoms with Gasteiger partial charge in [0.15, 0.2) is 0 Å². The zero-order valence-corrected chi connectivity index (χ0v) is 17.5. The summed E-state index contributed by atoms with van der Waals surface area (Å²) in [4.78, 5) is 15.7. The van der Waals surface area contributed by atoms with E-state index < -0.39 is 11.8 Å². The molecule has 0 aliphatic carbocycles. The van der Waals surface area contributed by atoms with Gasteiger partial charge in [-0.15, -0.1) is 0 Å². The Bertz CT molecular complexity index is 1020. The molecule has 4 rings (SSSR count). The average Bonchev–Trinajstić information content (AvgIpc) is 3.16. The molecule has 1 fully saturated rings. The Morgan fingerprint density at radius 1 is 1.13 bits per heavy atom. The van der Waals surface area contributed by atoms with E-state index >= 15 is 0 Å². The molecule has 0 radical (unpaired) electrons. The lowest BCUT2D eigenvalue weighted by Gasteiger charge is -2.34. The summed E-state index contributed by atoms with van der Waals surface area (Å²) < 4.78 is 22.5. The van der Waals surface area contributed by atoms with Crippen LogP contribution < -0.4 is 4.74 Å². The van der Waals surface area contributed by atoms with Crippen LogP contribution in [0.15, 0.2) is 59.0 Å². The average molecular weight is 423 g/mol. The molecule has 0 bridgehead atoms. The maximum absolute atomic E-state index is 11.2. The third kappa shape index (κ3) is 4.95. The first-order valence-electron chi connectivity index (χ1n) is 10.2. The van der Waals surface area contributed by atoms with Crippen LogP contribution in [0, 0.1) is 12.8 Å². The molecule has 1 saturated heterocycles. The van der Waals surface area contributed by atoms with Crippen molar-refractivity contribution in [3.63, 3.8) is 0 Å². The fourth-order valence-electron chi connectivity index (χ4n) is 3.36. The van der Waals surface area contributed by atoms with Gasteiger partial charge in [-0.25, -0.2) is 9.78 Å². The molecule has 1 aliphatic heterocycles. The van der Waals surface area contributed by atoms with Crippen molar-refractivity contribution < 1.29 is 28.5 Å². The summed E-state index contributed by atoms with van der Waals surface area (Å²) >= 11 is 0. The van der Waals surface area contributed by atoms with E-state index in [2.05, 4.69) is 4.98 Å². The van der Waals surface area contributed by atoms with Crippen molar-refractivity contribution >= 4 is 5.97 Å².